The van der Waals surface area contributed by atoms with Crippen LogP contribution >= 0.6 is 0 Å². The third-order valence-electron chi connectivity index (χ3n) is 2.53. The van der Waals surface area contributed by atoms with E-state index in [1.807, 2.05) is 36.4 Å². The second kappa shape index (κ2) is 3.36. The highest BCUT2D eigenvalue weighted by molar-refractivity contribution is 5.36. The van der Waals surface area contributed by atoms with Crippen molar-refractivity contribution in [2.24, 2.45) is 11.5 Å². The van der Waals surface area contributed by atoms with Crippen LogP contribution in [0.3, 0.4) is 0 Å². The van der Waals surface area contributed by atoms with Gasteiger partial charge in [-0.2, -0.15) is 0 Å². The van der Waals surface area contributed by atoms with Gasteiger partial charge in [-0.25, -0.2) is 0 Å². The number of hydrogen-bond donors (Lipinski definition) is 2. The minimum Gasteiger partial charge on any atom is -0.322 e. The Hall–Kier alpha value is -1.45. The molecule has 0 saturated heterocycles. The molecule has 3 nitrogen and oxygen atoms in total. The number of hydrogen-bond acceptors (Lipinski definition) is 3. The van der Waals surface area contributed by atoms with Gasteiger partial charge in [0.25, 0.3) is 0 Å². The Kier molecular flexibility index (Phi) is 2.19. The van der Waals surface area contributed by atoms with Crippen molar-refractivity contribution in [1.29, 1.82) is 0 Å². The molecule has 0 bridgehead atoms. The van der Waals surface area contributed by atoms with Crippen molar-refractivity contribution in [2.75, 3.05) is 0 Å². The molecule has 0 aromatic carbocycles. The maximum Gasteiger partial charge on any atom is 0.0789 e. The normalized spacial score (nSPS) is 30.6. The summed E-state index contributed by atoms with van der Waals surface area (Å²) in [7, 11) is 0. The molecule has 1 heterocycles. The van der Waals surface area contributed by atoms with Gasteiger partial charge in [0.05, 0.1) is 5.54 Å². The number of aromatic nitrogens is 1. The Morgan fingerprint density at radius 2 is 1.93 bits per heavy atom. The summed E-state index contributed by atoms with van der Waals surface area (Å²) < 4.78 is 0. The average Bonchev–Trinajstić information content (AvgIpc) is 2.24. The lowest BCUT2D eigenvalue weighted by molar-refractivity contribution is 0.492. The van der Waals surface area contributed by atoms with Crippen LogP contribution in [-0.4, -0.2) is 11.0 Å². The first-order chi connectivity index (χ1) is 6.73. The molecule has 0 fully saturated rings. The lowest BCUT2D eigenvalue weighted by atomic mass is 9.82. The van der Waals surface area contributed by atoms with Gasteiger partial charge in [-0.15, -0.1) is 0 Å². The first-order valence-electron chi connectivity index (χ1n) is 4.54. The zero-order valence-corrected chi connectivity index (χ0v) is 7.80. The van der Waals surface area contributed by atoms with Crippen LogP contribution in [0.25, 0.3) is 0 Å². The van der Waals surface area contributed by atoms with E-state index in [2.05, 4.69) is 4.98 Å². The highest BCUT2D eigenvalue weighted by atomic mass is 14.8. The summed E-state index contributed by atoms with van der Waals surface area (Å²) in [5.74, 6) is 0. The average molecular weight is 187 g/mol. The number of nitrogens with two attached hydrogens (primary N) is 2. The summed E-state index contributed by atoms with van der Waals surface area (Å²) in [6, 6.07) is 3.60. The SMILES string of the molecule is NC1C=CC=CC1(N)c1ccncc1. The molecule has 1 aromatic rings. The lowest BCUT2D eigenvalue weighted by Gasteiger charge is -2.32. The molecule has 0 amide bonds. The molecule has 4 N–H and O–H groups in total. The molecular formula is C11H13N3. The fourth-order valence-electron chi connectivity index (χ4n) is 1.60. The smallest absolute Gasteiger partial charge is 0.0789 e. The molecule has 2 unspecified atom stereocenters. The van der Waals surface area contributed by atoms with E-state index in [4.69, 9.17) is 11.5 Å². The van der Waals surface area contributed by atoms with Crippen LogP contribution in [0.5, 0.6) is 0 Å². The van der Waals surface area contributed by atoms with Gasteiger partial charge >= 0.3 is 0 Å². The summed E-state index contributed by atoms with van der Waals surface area (Å²) in [6.45, 7) is 0. The van der Waals surface area contributed by atoms with Gasteiger partial charge in [-0.3, -0.25) is 4.98 Å². The monoisotopic (exact) mass is 187 g/mol. The van der Waals surface area contributed by atoms with Crippen molar-refractivity contribution in [3.8, 4) is 0 Å². The summed E-state index contributed by atoms with van der Waals surface area (Å²) in [4.78, 5) is 3.96. The van der Waals surface area contributed by atoms with E-state index in [0.717, 1.165) is 5.56 Å². The Bertz CT molecular complexity index is 369. The first kappa shape index (κ1) is 9.12. The van der Waals surface area contributed by atoms with Crippen molar-refractivity contribution in [1.82, 2.24) is 4.98 Å². The van der Waals surface area contributed by atoms with Gasteiger partial charge in [0.2, 0.25) is 0 Å². The molecule has 2 rings (SSSR count). The first-order valence-corrected chi connectivity index (χ1v) is 4.54. The van der Waals surface area contributed by atoms with Gasteiger partial charge in [0.15, 0.2) is 0 Å². The molecule has 72 valence electrons. The minimum absolute atomic E-state index is 0.185. The Balaban J connectivity index is 2.42. The molecule has 1 aromatic heterocycles. The van der Waals surface area contributed by atoms with E-state index in [0.29, 0.717) is 0 Å². The fourth-order valence-corrected chi connectivity index (χ4v) is 1.60. The van der Waals surface area contributed by atoms with E-state index < -0.39 is 5.54 Å². The van der Waals surface area contributed by atoms with Gasteiger partial charge in [0, 0.05) is 18.4 Å². The maximum atomic E-state index is 6.23. The summed E-state index contributed by atoms with van der Waals surface area (Å²) >= 11 is 0. The van der Waals surface area contributed by atoms with Crippen LogP contribution < -0.4 is 11.5 Å². The number of allylic oxidation sites excluding steroid dienone is 2. The summed E-state index contributed by atoms with van der Waals surface area (Å²) in [6.07, 6.45) is 11.1. The predicted molar refractivity (Wildman–Crippen MR) is 56.4 cm³/mol. The quantitative estimate of drug-likeness (QED) is 0.679. The zero-order chi connectivity index (χ0) is 10.0. The van der Waals surface area contributed by atoms with Crippen LogP contribution in [0.2, 0.25) is 0 Å². The van der Waals surface area contributed by atoms with Crippen molar-refractivity contribution in [2.45, 2.75) is 11.6 Å². The molecule has 14 heavy (non-hydrogen) atoms. The predicted octanol–water partition coefficient (Wildman–Crippen LogP) is 0.689. The molecular weight excluding hydrogens is 174 g/mol. The van der Waals surface area contributed by atoms with Crippen molar-refractivity contribution in [3.05, 3.63) is 54.4 Å². The zero-order valence-electron chi connectivity index (χ0n) is 7.80. The molecule has 2 atom stereocenters. The van der Waals surface area contributed by atoms with Crippen molar-refractivity contribution >= 4 is 0 Å². The van der Waals surface area contributed by atoms with Gasteiger partial charge < -0.3 is 11.5 Å². The van der Waals surface area contributed by atoms with Crippen LogP contribution in [0.15, 0.2) is 48.8 Å². The fraction of sp³-hybridized carbons (Fsp3) is 0.182. The molecule has 0 spiro atoms. The lowest BCUT2D eigenvalue weighted by Crippen LogP contribution is -2.50. The number of pyridine rings is 1. The highest BCUT2D eigenvalue weighted by Crippen LogP contribution is 2.25. The van der Waals surface area contributed by atoms with E-state index in [1.165, 1.54) is 0 Å². The topological polar surface area (TPSA) is 64.9 Å². The Morgan fingerprint density at radius 3 is 2.57 bits per heavy atom. The van der Waals surface area contributed by atoms with Crippen molar-refractivity contribution in [3.63, 3.8) is 0 Å². The van der Waals surface area contributed by atoms with Gasteiger partial charge in [-0.1, -0.05) is 24.3 Å². The third-order valence-corrected chi connectivity index (χ3v) is 2.53. The van der Waals surface area contributed by atoms with Gasteiger partial charge in [0.1, 0.15) is 0 Å². The minimum atomic E-state index is -0.600. The number of nitrogens with zero attached hydrogens (tertiary/aromatic N) is 1. The van der Waals surface area contributed by atoms with E-state index in [9.17, 15) is 0 Å². The van der Waals surface area contributed by atoms with Crippen LogP contribution in [0, 0.1) is 0 Å². The van der Waals surface area contributed by atoms with Crippen LogP contribution in [0.1, 0.15) is 5.56 Å². The molecule has 1 aliphatic carbocycles. The summed E-state index contributed by atoms with van der Waals surface area (Å²) in [5.41, 5.74) is 12.6. The second-order valence-corrected chi connectivity index (χ2v) is 3.44. The molecule has 1 aliphatic rings. The molecule has 3 heteroatoms. The van der Waals surface area contributed by atoms with Crippen LogP contribution in [0.4, 0.5) is 0 Å². The van der Waals surface area contributed by atoms with Gasteiger partial charge in [-0.05, 0) is 17.7 Å². The second-order valence-electron chi connectivity index (χ2n) is 3.44. The highest BCUT2D eigenvalue weighted by Gasteiger charge is 2.31. The van der Waals surface area contributed by atoms with E-state index in [1.54, 1.807) is 12.4 Å². The summed E-state index contributed by atoms with van der Waals surface area (Å²) in [5, 5.41) is 0. The molecule has 0 saturated carbocycles. The largest absolute Gasteiger partial charge is 0.322 e. The Labute approximate surface area is 83.1 Å². The van der Waals surface area contributed by atoms with E-state index >= 15 is 0 Å². The molecule has 0 aliphatic heterocycles. The van der Waals surface area contributed by atoms with Crippen molar-refractivity contribution < 1.29 is 0 Å². The maximum absolute atomic E-state index is 6.23. The Morgan fingerprint density at radius 1 is 1.21 bits per heavy atom. The third kappa shape index (κ3) is 1.36. The van der Waals surface area contributed by atoms with Crippen LogP contribution in [-0.2, 0) is 5.54 Å². The number of rotatable bonds is 1. The standard InChI is InChI=1S/C11H13N3/c12-10-3-1-2-6-11(10,13)9-4-7-14-8-5-9/h1-8,10H,12-13H2. The van der Waals surface area contributed by atoms with E-state index in [-0.39, 0.29) is 6.04 Å². The molecule has 0 radical (unpaired) electrons.